The minimum Gasteiger partial charge on any atom is -0.367 e. The molecular weight excluding hydrogens is 150 g/mol. The summed E-state index contributed by atoms with van der Waals surface area (Å²) in [5.74, 6) is 0.406. The van der Waals surface area contributed by atoms with Crippen molar-refractivity contribution < 1.29 is 4.79 Å². The highest BCUT2D eigenvalue weighted by Crippen LogP contribution is 2.12. The molecule has 0 saturated heterocycles. The van der Waals surface area contributed by atoms with E-state index in [1.807, 2.05) is 13.0 Å². The van der Waals surface area contributed by atoms with Gasteiger partial charge in [-0.2, -0.15) is 0 Å². The smallest absolute Gasteiger partial charge is 0.167 e. The summed E-state index contributed by atoms with van der Waals surface area (Å²) in [6.45, 7) is 4.08. The Morgan fingerprint density at radius 2 is 2.42 bits per heavy atom. The average Bonchev–Trinajstić information content (AvgIpc) is 2.55. The molecule has 2 heteroatoms. The van der Waals surface area contributed by atoms with E-state index >= 15 is 0 Å². The molecule has 0 spiro atoms. The van der Waals surface area contributed by atoms with Gasteiger partial charge < -0.3 is 4.98 Å². The predicted octanol–water partition coefficient (Wildman–Crippen LogP) is 2.63. The maximum atomic E-state index is 11.6. The van der Waals surface area contributed by atoms with Gasteiger partial charge in [-0.3, -0.25) is 4.79 Å². The largest absolute Gasteiger partial charge is 0.367 e. The molecule has 12 heavy (non-hydrogen) atoms. The maximum absolute atomic E-state index is 11.6. The van der Waals surface area contributed by atoms with Gasteiger partial charge in [0.25, 0.3) is 0 Å². The molecule has 0 aliphatic rings. The van der Waals surface area contributed by atoms with Crippen LogP contribution in [0.3, 0.4) is 0 Å². The number of ketones is 1. The van der Waals surface area contributed by atoms with Crippen molar-refractivity contribution in [2.24, 2.45) is 5.92 Å². The molecular formula is C10H15NO. The lowest BCUT2D eigenvalue weighted by atomic mass is 9.97. The number of aromatic nitrogens is 1. The van der Waals surface area contributed by atoms with Crippen molar-refractivity contribution in [2.75, 3.05) is 0 Å². The van der Waals surface area contributed by atoms with Crippen molar-refractivity contribution in [3.05, 3.63) is 24.0 Å². The number of hydrogen-bond donors (Lipinski definition) is 1. The zero-order chi connectivity index (χ0) is 8.97. The molecule has 0 bridgehead atoms. The van der Waals surface area contributed by atoms with Crippen LogP contribution < -0.4 is 0 Å². The van der Waals surface area contributed by atoms with Gasteiger partial charge in [0.2, 0.25) is 0 Å². The van der Waals surface area contributed by atoms with E-state index in [4.69, 9.17) is 0 Å². The van der Waals surface area contributed by atoms with Crippen LogP contribution in [0.4, 0.5) is 0 Å². The minimum atomic E-state index is 0.158. The molecule has 1 atom stereocenters. The highest BCUT2D eigenvalue weighted by Gasteiger charge is 2.13. The van der Waals surface area contributed by atoms with Crippen molar-refractivity contribution in [1.82, 2.24) is 4.98 Å². The van der Waals surface area contributed by atoms with E-state index in [2.05, 4.69) is 11.9 Å². The molecule has 0 radical (unpaired) electrons. The predicted molar refractivity (Wildman–Crippen MR) is 49.2 cm³/mol. The van der Waals surface area contributed by atoms with Crippen LogP contribution in [0, 0.1) is 5.92 Å². The van der Waals surface area contributed by atoms with Crippen molar-refractivity contribution in [3.8, 4) is 0 Å². The first-order valence-corrected chi connectivity index (χ1v) is 4.42. The molecule has 1 unspecified atom stereocenters. The minimum absolute atomic E-state index is 0.158. The topological polar surface area (TPSA) is 32.9 Å². The Hall–Kier alpha value is -1.05. The van der Waals surface area contributed by atoms with Gasteiger partial charge in [0, 0.05) is 23.9 Å². The number of H-pyrrole nitrogens is 1. The van der Waals surface area contributed by atoms with Crippen LogP contribution >= 0.6 is 0 Å². The number of aromatic amines is 1. The Kier molecular flexibility index (Phi) is 3.09. The van der Waals surface area contributed by atoms with Crippen LogP contribution in [0.15, 0.2) is 18.5 Å². The zero-order valence-corrected chi connectivity index (χ0v) is 7.63. The highest BCUT2D eigenvalue weighted by molar-refractivity contribution is 5.97. The van der Waals surface area contributed by atoms with E-state index < -0.39 is 0 Å². The van der Waals surface area contributed by atoms with E-state index in [9.17, 15) is 4.79 Å². The first kappa shape index (κ1) is 9.04. The lowest BCUT2D eigenvalue weighted by Crippen LogP contribution is -2.09. The van der Waals surface area contributed by atoms with E-state index in [1.54, 1.807) is 12.4 Å². The van der Waals surface area contributed by atoms with Gasteiger partial charge >= 0.3 is 0 Å². The Bertz CT molecular complexity index is 238. The van der Waals surface area contributed by atoms with Crippen LogP contribution in [0.1, 0.15) is 37.0 Å². The molecule has 0 amide bonds. The molecule has 1 rings (SSSR count). The summed E-state index contributed by atoms with van der Waals surface area (Å²) in [6, 6.07) is 1.83. The summed E-state index contributed by atoms with van der Waals surface area (Å²) in [5.41, 5.74) is 0.802. The second-order valence-electron chi connectivity index (χ2n) is 3.15. The monoisotopic (exact) mass is 165 g/mol. The number of hydrogen-bond acceptors (Lipinski definition) is 1. The molecule has 1 aromatic rings. The van der Waals surface area contributed by atoms with E-state index in [0.717, 1.165) is 18.4 Å². The van der Waals surface area contributed by atoms with Gasteiger partial charge in [-0.05, 0) is 12.5 Å². The lowest BCUT2D eigenvalue weighted by Gasteiger charge is -2.06. The molecule has 0 aliphatic carbocycles. The van der Waals surface area contributed by atoms with Gasteiger partial charge in [0.15, 0.2) is 5.78 Å². The van der Waals surface area contributed by atoms with E-state index in [0.29, 0.717) is 0 Å². The van der Waals surface area contributed by atoms with E-state index in [-0.39, 0.29) is 11.7 Å². The van der Waals surface area contributed by atoms with Gasteiger partial charge in [-0.15, -0.1) is 0 Å². The molecule has 2 nitrogen and oxygen atoms in total. The summed E-state index contributed by atoms with van der Waals surface area (Å²) in [5, 5.41) is 0. The van der Waals surface area contributed by atoms with Crippen LogP contribution in [0.5, 0.6) is 0 Å². The van der Waals surface area contributed by atoms with Crippen molar-refractivity contribution in [2.45, 2.75) is 26.7 Å². The van der Waals surface area contributed by atoms with Gasteiger partial charge in [-0.1, -0.05) is 20.3 Å². The van der Waals surface area contributed by atoms with Gasteiger partial charge in [-0.25, -0.2) is 0 Å². The summed E-state index contributed by atoms with van der Waals surface area (Å²) in [6.07, 6.45) is 5.59. The standard InChI is InChI=1S/C10H15NO/c1-3-4-8(2)10(12)9-5-6-11-7-9/h5-8,11H,3-4H2,1-2H3. The van der Waals surface area contributed by atoms with Crippen molar-refractivity contribution in [3.63, 3.8) is 0 Å². The molecule has 0 saturated carbocycles. The molecule has 1 heterocycles. The van der Waals surface area contributed by atoms with Crippen LogP contribution in [-0.2, 0) is 0 Å². The second-order valence-corrected chi connectivity index (χ2v) is 3.15. The first-order chi connectivity index (χ1) is 5.75. The third-order valence-corrected chi connectivity index (χ3v) is 2.05. The summed E-state index contributed by atoms with van der Waals surface area (Å²) in [7, 11) is 0. The average molecular weight is 165 g/mol. The first-order valence-electron chi connectivity index (χ1n) is 4.42. The lowest BCUT2D eigenvalue weighted by molar-refractivity contribution is 0.0924. The summed E-state index contributed by atoms with van der Waals surface area (Å²) in [4.78, 5) is 14.5. The summed E-state index contributed by atoms with van der Waals surface area (Å²) < 4.78 is 0. The third-order valence-electron chi connectivity index (χ3n) is 2.05. The number of carbonyl (C=O) groups excluding carboxylic acids is 1. The van der Waals surface area contributed by atoms with Crippen LogP contribution in [0.25, 0.3) is 0 Å². The van der Waals surface area contributed by atoms with Crippen LogP contribution in [0.2, 0.25) is 0 Å². The molecule has 0 fully saturated rings. The molecule has 0 aromatic carbocycles. The molecule has 1 aromatic heterocycles. The second kappa shape index (κ2) is 4.10. The van der Waals surface area contributed by atoms with Crippen molar-refractivity contribution >= 4 is 5.78 Å². The van der Waals surface area contributed by atoms with Gasteiger partial charge in [0.05, 0.1) is 0 Å². The Balaban J connectivity index is 2.59. The number of rotatable bonds is 4. The normalized spacial score (nSPS) is 12.8. The quantitative estimate of drug-likeness (QED) is 0.683. The Morgan fingerprint density at radius 1 is 1.67 bits per heavy atom. The van der Waals surface area contributed by atoms with Crippen LogP contribution in [-0.4, -0.2) is 10.8 Å². The maximum Gasteiger partial charge on any atom is 0.167 e. The Labute approximate surface area is 73.0 Å². The fourth-order valence-electron chi connectivity index (χ4n) is 1.33. The number of nitrogens with one attached hydrogen (secondary N) is 1. The molecule has 66 valence electrons. The summed E-state index contributed by atoms with van der Waals surface area (Å²) >= 11 is 0. The zero-order valence-electron chi connectivity index (χ0n) is 7.63. The number of Topliss-reactive ketones (excluding diaryl/α,β-unsaturated/α-hetero) is 1. The fraction of sp³-hybridized carbons (Fsp3) is 0.500. The SMILES string of the molecule is CCCC(C)C(=O)c1cc[nH]c1. The highest BCUT2D eigenvalue weighted by atomic mass is 16.1. The molecule has 1 N–H and O–H groups in total. The van der Waals surface area contributed by atoms with E-state index in [1.165, 1.54) is 0 Å². The third kappa shape index (κ3) is 1.97. The fourth-order valence-corrected chi connectivity index (χ4v) is 1.33. The van der Waals surface area contributed by atoms with Crippen molar-refractivity contribution in [1.29, 1.82) is 0 Å². The Morgan fingerprint density at radius 3 is 2.92 bits per heavy atom. The molecule has 0 aliphatic heterocycles. The number of carbonyl (C=O) groups is 1. The van der Waals surface area contributed by atoms with Gasteiger partial charge in [0.1, 0.15) is 0 Å².